The number of carboxylic acid groups (broad SMARTS) is 1. The number of nitro groups is 1. The van der Waals surface area contributed by atoms with Gasteiger partial charge >= 0.3 is 11.7 Å². The van der Waals surface area contributed by atoms with E-state index in [-0.39, 0.29) is 5.82 Å². The Morgan fingerprint density at radius 1 is 1.48 bits per heavy atom. The smallest absolute Gasteiger partial charge is 0.342 e. The average Bonchev–Trinajstić information content (AvgIpc) is 2.44. The number of aromatic carboxylic acids is 1. The number of carbonyl (C=O) groups is 1. The van der Waals surface area contributed by atoms with Crippen LogP contribution in [0, 0.1) is 17.0 Å². The fourth-order valence-electron chi connectivity index (χ4n) is 1.74. The summed E-state index contributed by atoms with van der Waals surface area (Å²) in [6.07, 6.45) is 0.926. The third kappa shape index (κ3) is 3.50. The normalized spacial score (nSPS) is 10.1. The summed E-state index contributed by atoms with van der Waals surface area (Å²) in [6.45, 7) is 2.20. The number of pyridine rings is 2. The van der Waals surface area contributed by atoms with Crippen molar-refractivity contribution in [1.82, 2.24) is 9.97 Å². The first kappa shape index (κ1) is 14.4. The fourth-order valence-corrected chi connectivity index (χ4v) is 1.74. The Morgan fingerprint density at radius 3 is 2.86 bits per heavy atom. The molecule has 21 heavy (non-hydrogen) atoms. The summed E-state index contributed by atoms with van der Waals surface area (Å²) in [7, 11) is 0. The van der Waals surface area contributed by atoms with Crippen LogP contribution in [0.15, 0.2) is 30.5 Å². The number of anilines is 1. The highest BCUT2D eigenvalue weighted by atomic mass is 16.6. The summed E-state index contributed by atoms with van der Waals surface area (Å²) in [5.41, 5.74) is 0.667. The van der Waals surface area contributed by atoms with Gasteiger partial charge in [0.2, 0.25) is 0 Å². The van der Waals surface area contributed by atoms with Crippen molar-refractivity contribution >= 4 is 17.5 Å². The molecule has 2 heterocycles. The molecule has 2 aromatic rings. The van der Waals surface area contributed by atoms with Gasteiger partial charge in [-0.05, 0) is 19.1 Å². The van der Waals surface area contributed by atoms with E-state index in [1.54, 1.807) is 0 Å². The number of nitrogens with zero attached hydrogens (tertiary/aromatic N) is 3. The Balaban J connectivity index is 2.19. The minimum Gasteiger partial charge on any atom is -0.477 e. The Morgan fingerprint density at radius 2 is 2.24 bits per heavy atom. The van der Waals surface area contributed by atoms with Crippen LogP contribution in [-0.2, 0) is 6.54 Å². The van der Waals surface area contributed by atoms with Crippen LogP contribution >= 0.6 is 0 Å². The van der Waals surface area contributed by atoms with Crippen molar-refractivity contribution in [3.63, 3.8) is 0 Å². The maximum absolute atomic E-state index is 11.0. The van der Waals surface area contributed by atoms with Gasteiger partial charge in [0.15, 0.2) is 0 Å². The predicted octanol–water partition coefficient (Wildman–Crippen LogP) is 2.00. The Hall–Kier alpha value is -3.03. The molecule has 0 aliphatic heterocycles. The van der Waals surface area contributed by atoms with E-state index in [0.29, 0.717) is 6.54 Å². The van der Waals surface area contributed by atoms with Crippen molar-refractivity contribution in [3.8, 4) is 0 Å². The van der Waals surface area contributed by atoms with Gasteiger partial charge in [-0.3, -0.25) is 15.1 Å². The minimum absolute atomic E-state index is 0.237. The van der Waals surface area contributed by atoms with Crippen molar-refractivity contribution < 1.29 is 14.8 Å². The van der Waals surface area contributed by atoms with Crippen LogP contribution in [0.4, 0.5) is 11.5 Å². The van der Waals surface area contributed by atoms with E-state index in [1.807, 2.05) is 25.1 Å². The molecule has 0 aromatic carbocycles. The highest BCUT2D eigenvalue weighted by molar-refractivity contribution is 5.93. The molecular formula is C13H12N4O4. The lowest BCUT2D eigenvalue weighted by Crippen LogP contribution is -2.08. The maximum Gasteiger partial charge on any atom is 0.342 e. The zero-order valence-electron chi connectivity index (χ0n) is 11.1. The minimum atomic E-state index is -1.37. The molecule has 0 aliphatic carbocycles. The zero-order chi connectivity index (χ0) is 15.4. The van der Waals surface area contributed by atoms with Crippen LogP contribution in [0.5, 0.6) is 0 Å². The summed E-state index contributed by atoms with van der Waals surface area (Å²) in [5.74, 6) is -1.14. The van der Waals surface area contributed by atoms with Gasteiger partial charge in [-0.25, -0.2) is 9.78 Å². The van der Waals surface area contributed by atoms with E-state index in [2.05, 4.69) is 15.3 Å². The first-order valence-electron chi connectivity index (χ1n) is 6.01. The monoisotopic (exact) mass is 288 g/mol. The van der Waals surface area contributed by atoms with Gasteiger partial charge in [-0.15, -0.1) is 0 Å². The maximum atomic E-state index is 11.0. The lowest BCUT2D eigenvalue weighted by Gasteiger charge is -2.06. The lowest BCUT2D eigenvalue weighted by atomic mass is 10.2. The second-order valence-corrected chi connectivity index (χ2v) is 4.27. The number of aromatic nitrogens is 2. The number of hydrogen-bond donors (Lipinski definition) is 2. The fraction of sp³-hybridized carbons (Fsp3) is 0.154. The van der Waals surface area contributed by atoms with Crippen molar-refractivity contribution in [1.29, 1.82) is 0 Å². The first-order valence-corrected chi connectivity index (χ1v) is 6.01. The largest absolute Gasteiger partial charge is 0.477 e. The number of hydrogen-bond acceptors (Lipinski definition) is 6. The quantitative estimate of drug-likeness (QED) is 0.638. The third-order valence-electron chi connectivity index (χ3n) is 2.71. The highest BCUT2D eigenvalue weighted by Crippen LogP contribution is 2.20. The van der Waals surface area contributed by atoms with E-state index >= 15 is 0 Å². The Kier molecular flexibility index (Phi) is 4.07. The van der Waals surface area contributed by atoms with Crippen LogP contribution in [0.1, 0.15) is 21.7 Å². The SMILES string of the molecule is Cc1cccc(CNc2cc(C(=O)O)c([N+](=O)[O-])cn2)n1. The molecule has 8 nitrogen and oxygen atoms in total. The molecule has 2 aromatic heterocycles. The summed E-state index contributed by atoms with van der Waals surface area (Å²) in [5, 5.41) is 22.6. The molecule has 8 heteroatoms. The van der Waals surface area contributed by atoms with E-state index in [9.17, 15) is 14.9 Å². The Bertz CT molecular complexity index is 702. The van der Waals surface area contributed by atoms with Crippen LogP contribution in [0.25, 0.3) is 0 Å². The standard InChI is InChI=1S/C13H12N4O4/c1-8-3-2-4-9(16-8)6-14-12-5-10(13(18)19)11(7-15-12)17(20)21/h2-5,7H,6H2,1H3,(H,14,15)(H,18,19). The van der Waals surface area contributed by atoms with Crippen LogP contribution in [-0.4, -0.2) is 26.0 Å². The molecule has 2 N–H and O–H groups in total. The summed E-state index contributed by atoms with van der Waals surface area (Å²) < 4.78 is 0. The van der Waals surface area contributed by atoms with E-state index in [0.717, 1.165) is 23.7 Å². The third-order valence-corrected chi connectivity index (χ3v) is 2.71. The summed E-state index contributed by atoms with van der Waals surface area (Å²) >= 11 is 0. The lowest BCUT2D eigenvalue weighted by molar-refractivity contribution is -0.385. The molecule has 0 aliphatic rings. The van der Waals surface area contributed by atoms with E-state index in [1.165, 1.54) is 0 Å². The summed E-state index contributed by atoms with van der Waals surface area (Å²) in [6, 6.07) is 6.65. The molecule has 0 saturated heterocycles. The number of carboxylic acids is 1. The average molecular weight is 288 g/mol. The van der Waals surface area contributed by atoms with Crippen molar-refractivity contribution in [2.24, 2.45) is 0 Å². The summed E-state index contributed by atoms with van der Waals surface area (Å²) in [4.78, 5) is 29.1. The molecule has 2 rings (SSSR count). The van der Waals surface area contributed by atoms with Gasteiger partial charge in [0.1, 0.15) is 17.6 Å². The van der Waals surface area contributed by atoms with Gasteiger partial charge in [0.05, 0.1) is 17.2 Å². The molecule has 0 atom stereocenters. The topological polar surface area (TPSA) is 118 Å². The molecule has 0 saturated carbocycles. The van der Waals surface area contributed by atoms with Crippen LogP contribution in [0.3, 0.4) is 0 Å². The number of nitrogens with one attached hydrogen (secondary N) is 1. The van der Waals surface area contributed by atoms with Crippen molar-refractivity contribution in [3.05, 3.63) is 57.5 Å². The van der Waals surface area contributed by atoms with Crippen LogP contribution < -0.4 is 5.32 Å². The zero-order valence-corrected chi connectivity index (χ0v) is 11.1. The second-order valence-electron chi connectivity index (χ2n) is 4.27. The molecule has 0 radical (unpaired) electrons. The van der Waals surface area contributed by atoms with Gasteiger partial charge < -0.3 is 10.4 Å². The van der Waals surface area contributed by atoms with Gasteiger partial charge in [0, 0.05) is 11.8 Å². The molecule has 0 spiro atoms. The Labute approximate surface area is 119 Å². The van der Waals surface area contributed by atoms with Gasteiger partial charge in [-0.2, -0.15) is 0 Å². The van der Waals surface area contributed by atoms with E-state index < -0.39 is 22.1 Å². The molecule has 0 fully saturated rings. The van der Waals surface area contributed by atoms with E-state index in [4.69, 9.17) is 5.11 Å². The second kappa shape index (κ2) is 5.95. The van der Waals surface area contributed by atoms with Gasteiger partial charge in [-0.1, -0.05) is 6.07 Å². The number of rotatable bonds is 5. The molecule has 0 unspecified atom stereocenters. The highest BCUT2D eigenvalue weighted by Gasteiger charge is 2.20. The van der Waals surface area contributed by atoms with Crippen molar-refractivity contribution in [2.45, 2.75) is 13.5 Å². The molecule has 108 valence electrons. The van der Waals surface area contributed by atoms with Gasteiger partial charge in [0.25, 0.3) is 0 Å². The predicted molar refractivity (Wildman–Crippen MR) is 74.2 cm³/mol. The molecular weight excluding hydrogens is 276 g/mol. The molecule has 0 amide bonds. The van der Waals surface area contributed by atoms with Crippen LogP contribution in [0.2, 0.25) is 0 Å². The van der Waals surface area contributed by atoms with Crippen molar-refractivity contribution in [2.75, 3.05) is 5.32 Å². The first-order chi connectivity index (χ1) is 9.97. The number of aryl methyl sites for hydroxylation is 1. The molecule has 0 bridgehead atoms.